The van der Waals surface area contributed by atoms with Crippen LogP contribution in [-0.2, 0) is 9.47 Å². The summed E-state index contributed by atoms with van der Waals surface area (Å²) in [5, 5.41) is 0. The monoisotopic (exact) mass is 272 g/mol. The normalized spacial score (nSPS) is 15.5. The third-order valence-electron chi connectivity index (χ3n) is 4.03. The van der Waals surface area contributed by atoms with Gasteiger partial charge in [0, 0.05) is 19.6 Å². The van der Waals surface area contributed by atoms with E-state index in [4.69, 9.17) is 9.47 Å². The van der Waals surface area contributed by atoms with Gasteiger partial charge in [0.1, 0.15) is 0 Å². The second-order valence-electron chi connectivity index (χ2n) is 6.56. The van der Waals surface area contributed by atoms with Gasteiger partial charge in [0.2, 0.25) is 0 Å². The second kappa shape index (κ2) is 10.7. The fraction of sp³-hybridized carbons (Fsp3) is 1.00. The Balaban J connectivity index is 4.73. The summed E-state index contributed by atoms with van der Waals surface area (Å²) in [6.45, 7) is 10.9. The van der Waals surface area contributed by atoms with Crippen molar-refractivity contribution in [3.8, 4) is 0 Å². The van der Waals surface area contributed by atoms with E-state index in [0.29, 0.717) is 0 Å². The second-order valence-corrected chi connectivity index (χ2v) is 6.56. The standard InChI is InChI=1S/C17H36O2/c1-7-9-15(3)11-17(13-18-5,14-19-6)12-16(4)10-8-2/h15-16H,7-14H2,1-6H3. The van der Waals surface area contributed by atoms with Gasteiger partial charge in [-0.1, -0.05) is 53.4 Å². The lowest BCUT2D eigenvalue weighted by atomic mass is 9.73. The van der Waals surface area contributed by atoms with Crippen molar-refractivity contribution < 1.29 is 9.47 Å². The summed E-state index contributed by atoms with van der Waals surface area (Å²) in [5.74, 6) is 1.51. The van der Waals surface area contributed by atoms with Crippen molar-refractivity contribution in [1.82, 2.24) is 0 Å². The van der Waals surface area contributed by atoms with Crippen molar-refractivity contribution in [2.24, 2.45) is 17.3 Å². The fourth-order valence-electron chi connectivity index (χ4n) is 3.64. The van der Waals surface area contributed by atoms with Gasteiger partial charge in [-0.3, -0.25) is 0 Å². The molecule has 0 aliphatic rings. The Morgan fingerprint density at radius 3 is 1.42 bits per heavy atom. The first kappa shape index (κ1) is 18.9. The van der Waals surface area contributed by atoms with E-state index in [9.17, 15) is 0 Å². The Morgan fingerprint density at radius 2 is 1.16 bits per heavy atom. The Bertz CT molecular complexity index is 181. The molecule has 116 valence electrons. The van der Waals surface area contributed by atoms with Gasteiger partial charge in [0.25, 0.3) is 0 Å². The van der Waals surface area contributed by atoms with Crippen LogP contribution in [0, 0.1) is 17.3 Å². The number of rotatable bonds is 12. The van der Waals surface area contributed by atoms with E-state index in [1.807, 2.05) is 14.2 Å². The van der Waals surface area contributed by atoms with E-state index in [2.05, 4.69) is 27.7 Å². The quantitative estimate of drug-likeness (QED) is 0.502. The molecule has 0 N–H and O–H groups in total. The van der Waals surface area contributed by atoms with Crippen LogP contribution in [0.25, 0.3) is 0 Å². The molecule has 2 heteroatoms. The van der Waals surface area contributed by atoms with Gasteiger partial charge in [-0.25, -0.2) is 0 Å². The number of hydrogen-bond acceptors (Lipinski definition) is 2. The zero-order valence-electron chi connectivity index (χ0n) is 14.1. The molecule has 0 aromatic carbocycles. The molecule has 0 aliphatic carbocycles. The van der Waals surface area contributed by atoms with Crippen molar-refractivity contribution >= 4 is 0 Å². The molecule has 0 bridgehead atoms. The van der Waals surface area contributed by atoms with E-state index in [1.165, 1.54) is 38.5 Å². The van der Waals surface area contributed by atoms with E-state index < -0.39 is 0 Å². The van der Waals surface area contributed by atoms with Crippen molar-refractivity contribution in [3.63, 3.8) is 0 Å². The Morgan fingerprint density at radius 1 is 0.789 bits per heavy atom. The fourth-order valence-corrected chi connectivity index (χ4v) is 3.64. The molecule has 0 spiro atoms. The van der Waals surface area contributed by atoms with Gasteiger partial charge < -0.3 is 9.47 Å². The van der Waals surface area contributed by atoms with Crippen molar-refractivity contribution in [2.75, 3.05) is 27.4 Å². The number of methoxy groups -OCH3 is 2. The molecule has 19 heavy (non-hydrogen) atoms. The van der Waals surface area contributed by atoms with Crippen LogP contribution in [-0.4, -0.2) is 27.4 Å². The molecular formula is C17H36O2. The SMILES string of the molecule is CCCC(C)CC(COC)(COC)CC(C)CCC. The van der Waals surface area contributed by atoms with Crippen LogP contribution >= 0.6 is 0 Å². The van der Waals surface area contributed by atoms with Crippen LogP contribution in [0.3, 0.4) is 0 Å². The molecule has 0 radical (unpaired) electrons. The van der Waals surface area contributed by atoms with Crippen LogP contribution in [0.2, 0.25) is 0 Å². The first-order chi connectivity index (χ1) is 9.03. The molecule has 2 nitrogen and oxygen atoms in total. The first-order valence-corrected chi connectivity index (χ1v) is 8.01. The van der Waals surface area contributed by atoms with Gasteiger partial charge in [0.15, 0.2) is 0 Å². The summed E-state index contributed by atoms with van der Waals surface area (Å²) < 4.78 is 11.1. The van der Waals surface area contributed by atoms with E-state index in [0.717, 1.165) is 25.0 Å². The van der Waals surface area contributed by atoms with E-state index >= 15 is 0 Å². The Labute approximate surface area is 121 Å². The highest BCUT2D eigenvalue weighted by Gasteiger charge is 2.33. The zero-order chi connectivity index (χ0) is 14.7. The average Bonchev–Trinajstić information content (AvgIpc) is 2.29. The molecule has 0 heterocycles. The molecule has 0 saturated carbocycles. The van der Waals surface area contributed by atoms with Crippen LogP contribution in [0.4, 0.5) is 0 Å². The molecular weight excluding hydrogens is 236 g/mol. The minimum Gasteiger partial charge on any atom is -0.384 e. The minimum atomic E-state index is 0.201. The van der Waals surface area contributed by atoms with E-state index in [1.54, 1.807) is 0 Å². The minimum absolute atomic E-state index is 0.201. The van der Waals surface area contributed by atoms with Gasteiger partial charge in [-0.2, -0.15) is 0 Å². The lowest BCUT2D eigenvalue weighted by Crippen LogP contribution is -2.35. The summed E-state index contributed by atoms with van der Waals surface area (Å²) in [7, 11) is 3.64. The molecule has 0 rings (SSSR count). The largest absolute Gasteiger partial charge is 0.384 e. The Hall–Kier alpha value is -0.0800. The molecule has 0 amide bonds. The smallest absolute Gasteiger partial charge is 0.0540 e. The molecule has 0 aromatic rings. The Kier molecular flexibility index (Phi) is 10.6. The lowest BCUT2D eigenvalue weighted by Gasteiger charge is -2.37. The van der Waals surface area contributed by atoms with E-state index in [-0.39, 0.29) is 5.41 Å². The maximum Gasteiger partial charge on any atom is 0.0540 e. The molecule has 0 aromatic heterocycles. The van der Waals surface area contributed by atoms with Gasteiger partial charge in [-0.15, -0.1) is 0 Å². The highest BCUT2D eigenvalue weighted by Crippen LogP contribution is 2.37. The lowest BCUT2D eigenvalue weighted by molar-refractivity contribution is -0.0203. The average molecular weight is 272 g/mol. The summed E-state index contributed by atoms with van der Waals surface area (Å²) in [4.78, 5) is 0. The summed E-state index contributed by atoms with van der Waals surface area (Å²) in [6, 6.07) is 0. The van der Waals surface area contributed by atoms with Crippen molar-refractivity contribution in [3.05, 3.63) is 0 Å². The summed E-state index contributed by atoms with van der Waals surface area (Å²) in [6.07, 6.45) is 7.57. The maximum atomic E-state index is 5.54. The third kappa shape index (κ3) is 7.94. The molecule has 2 atom stereocenters. The van der Waals surface area contributed by atoms with Crippen LogP contribution in [0.1, 0.15) is 66.2 Å². The first-order valence-electron chi connectivity index (χ1n) is 8.01. The summed E-state index contributed by atoms with van der Waals surface area (Å²) in [5.41, 5.74) is 0.201. The van der Waals surface area contributed by atoms with Gasteiger partial charge >= 0.3 is 0 Å². The van der Waals surface area contributed by atoms with Crippen LogP contribution in [0.5, 0.6) is 0 Å². The van der Waals surface area contributed by atoms with Crippen LogP contribution in [0.15, 0.2) is 0 Å². The topological polar surface area (TPSA) is 18.5 Å². The zero-order valence-corrected chi connectivity index (χ0v) is 14.1. The van der Waals surface area contributed by atoms with Crippen LogP contribution < -0.4 is 0 Å². The summed E-state index contributed by atoms with van der Waals surface area (Å²) >= 11 is 0. The molecule has 0 saturated heterocycles. The predicted octanol–water partition coefficient (Wildman–Crippen LogP) is 4.92. The molecule has 0 aliphatic heterocycles. The van der Waals surface area contributed by atoms with Gasteiger partial charge in [0.05, 0.1) is 13.2 Å². The number of hydrogen-bond donors (Lipinski definition) is 0. The maximum absolute atomic E-state index is 5.54. The predicted molar refractivity (Wildman–Crippen MR) is 83.6 cm³/mol. The highest BCUT2D eigenvalue weighted by atomic mass is 16.5. The molecule has 2 unspecified atom stereocenters. The highest BCUT2D eigenvalue weighted by molar-refractivity contribution is 4.83. The van der Waals surface area contributed by atoms with Crippen molar-refractivity contribution in [1.29, 1.82) is 0 Å². The third-order valence-corrected chi connectivity index (χ3v) is 4.03. The van der Waals surface area contributed by atoms with Gasteiger partial charge in [-0.05, 0) is 24.7 Å². The van der Waals surface area contributed by atoms with Crippen molar-refractivity contribution in [2.45, 2.75) is 66.2 Å². The number of ether oxygens (including phenoxy) is 2. The molecule has 0 fully saturated rings.